The van der Waals surface area contributed by atoms with E-state index < -0.39 is 51.1 Å². The van der Waals surface area contributed by atoms with E-state index in [0.29, 0.717) is 0 Å². The first-order valence-corrected chi connectivity index (χ1v) is 8.57. The number of hydrogen-bond donors (Lipinski definition) is 1. The summed E-state index contributed by atoms with van der Waals surface area (Å²) in [4.78, 5) is 23.4. The predicted octanol–water partition coefficient (Wildman–Crippen LogP) is 0.815. The smallest absolute Gasteiger partial charge is 0.344 e. The zero-order valence-electron chi connectivity index (χ0n) is 12.3. The van der Waals surface area contributed by atoms with Gasteiger partial charge in [-0.1, -0.05) is 6.07 Å². The van der Waals surface area contributed by atoms with Crippen LogP contribution in [0.1, 0.15) is 23.7 Å². The summed E-state index contributed by atoms with van der Waals surface area (Å²) in [6.45, 7) is 0.802. The maximum absolute atomic E-state index is 13.4. The number of esters is 1. The maximum Gasteiger partial charge on any atom is 0.344 e. The van der Waals surface area contributed by atoms with Crippen LogP contribution in [-0.4, -0.2) is 43.9 Å². The Morgan fingerprint density at radius 2 is 1.91 bits per heavy atom. The van der Waals surface area contributed by atoms with Crippen molar-refractivity contribution in [3.8, 4) is 0 Å². The van der Waals surface area contributed by atoms with E-state index in [1.54, 1.807) is 6.92 Å². The lowest BCUT2D eigenvalue weighted by Crippen LogP contribution is -2.48. The molecule has 0 bridgehead atoms. The molecule has 6 nitrogen and oxygen atoms in total. The summed E-state index contributed by atoms with van der Waals surface area (Å²) >= 11 is 0. The zero-order chi connectivity index (χ0) is 17.3. The van der Waals surface area contributed by atoms with Gasteiger partial charge in [-0.3, -0.25) is 4.79 Å². The predicted molar refractivity (Wildman–Crippen MR) is 76.5 cm³/mol. The van der Waals surface area contributed by atoms with Crippen LogP contribution in [0.2, 0.25) is 0 Å². The molecule has 1 aliphatic rings. The number of carbonyl (C=O) groups is 2. The van der Waals surface area contributed by atoms with E-state index >= 15 is 0 Å². The number of halogens is 2. The van der Waals surface area contributed by atoms with Crippen LogP contribution in [0.4, 0.5) is 8.78 Å². The number of ether oxygens (including phenoxy) is 1. The monoisotopic (exact) mass is 347 g/mol. The molecule has 0 radical (unpaired) electrons. The molecule has 1 saturated heterocycles. The van der Waals surface area contributed by atoms with Crippen molar-refractivity contribution in [2.75, 3.05) is 18.1 Å². The molecule has 1 atom stereocenters. The molecule has 1 amide bonds. The highest BCUT2D eigenvalue weighted by Crippen LogP contribution is 2.22. The summed E-state index contributed by atoms with van der Waals surface area (Å²) in [7, 11) is -3.21. The minimum Gasteiger partial charge on any atom is -0.452 e. The Bertz CT molecular complexity index is 729. The fourth-order valence-electron chi connectivity index (χ4n) is 2.38. The highest BCUT2D eigenvalue weighted by molar-refractivity contribution is 7.91. The quantitative estimate of drug-likeness (QED) is 0.815. The Labute approximate surface area is 131 Å². The van der Waals surface area contributed by atoms with E-state index in [1.807, 2.05) is 0 Å². The van der Waals surface area contributed by atoms with E-state index in [-0.39, 0.29) is 17.9 Å². The lowest BCUT2D eigenvalue weighted by atomic mass is 10.0. The molecule has 1 aliphatic heterocycles. The Hall–Kier alpha value is -2.03. The van der Waals surface area contributed by atoms with E-state index in [4.69, 9.17) is 0 Å². The number of amides is 1. The molecule has 1 heterocycles. The molecule has 0 spiro atoms. The lowest BCUT2D eigenvalue weighted by molar-refractivity contribution is -0.125. The first-order valence-electron chi connectivity index (χ1n) is 6.74. The molecule has 0 aromatic heterocycles. The molecule has 1 N–H and O–H groups in total. The van der Waals surface area contributed by atoms with Crippen molar-refractivity contribution in [1.29, 1.82) is 0 Å². The van der Waals surface area contributed by atoms with E-state index in [2.05, 4.69) is 10.1 Å². The molecule has 1 fully saturated rings. The van der Waals surface area contributed by atoms with Gasteiger partial charge in [-0.25, -0.2) is 22.0 Å². The third-order valence-electron chi connectivity index (χ3n) is 3.45. The topological polar surface area (TPSA) is 89.5 Å². The minimum atomic E-state index is -3.21. The van der Waals surface area contributed by atoms with Crippen molar-refractivity contribution in [3.05, 3.63) is 35.4 Å². The largest absolute Gasteiger partial charge is 0.452 e. The summed E-state index contributed by atoms with van der Waals surface area (Å²) in [5, 5.41) is 2.46. The lowest BCUT2D eigenvalue weighted by Gasteiger charge is -2.23. The first kappa shape index (κ1) is 17.3. The third kappa shape index (κ3) is 4.25. The SMILES string of the molecule is C[C@@]1(NC(=O)COC(=O)c2c(F)cccc2F)CCS(=O)(=O)C1. The van der Waals surface area contributed by atoms with Crippen molar-refractivity contribution in [1.82, 2.24) is 5.32 Å². The Morgan fingerprint density at radius 1 is 1.30 bits per heavy atom. The normalized spacial score (nSPS) is 22.6. The minimum absolute atomic E-state index is 0.0377. The molecular formula is C14H15F2NO5S. The summed E-state index contributed by atoms with van der Waals surface area (Å²) in [6, 6.07) is 2.88. The number of carbonyl (C=O) groups excluding carboxylic acids is 2. The summed E-state index contributed by atoms with van der Waals surface area (Å²) in [6.07, 6.45) is 0.247. The average molecular weight is 347 g/mol. The third-order valence-corrected chi connectivity index (χ3v) is 5.35. The second-order valence-electron chi connectivity index (χ2n) is 5.62. The Balaban J connectivity index is 1.94. The van der Waals surface area contributed by atoms with Crippen molar-refractivity contribution < 1.29 is 31.5 Å². The highest BCUT2D eigenvalue weighted by atomic mass is 32.2. The van der Waals surface area contributed by atoms with E-state index in [1.165, 1.54) is 0 Å². The average Bonchev–Trinajstić information content (AvgIpc) is 2.70. The summed E-state index contributed by atoms with van der Waals surface area (Å²) < 4.78 is 54.2. The number of sulfone groups is 1. The molecule has 1 aromatic rings. The van der Waals surface area contributed by atoms with Crippen LogP contribution in [0.25, 0.3) is 0 Å². The van der Waals surface area contributed by atoms with E-state index in [9.17, 15) is 26.8 Å². The van der Waals surface area contributed by atoms with Crippen molar-refractivity contribution in [2.45, 2.75) is 18.9 Å². The van der Waals surface area contributed by atoms with Crippen LogP contribution in [0.5, 0.6) is 0 Å². The standard InChI is InChI=1S/C14H15F2NO5S/c1-14(5-6-23(20,21)8-14)17-11(18)7-22-13(19)12-9(15)3-2-4-10(12)16/h2-4H,5-8H2,1H3,(H,17,18)/t14-/m1/s1. The fourth-order valence-corrected chi connectivity index (χ4v) is 4.47. The molecule has 9 heteroatoms. The number of hydrogen-bond acceptors (Lipinski definition) is 5. The molecule has 23 heavy (non-hydrogen) atoms. The van der Waals surface area contributed by atoms with Crippen molar-refractivity contribution >= 4 is 21.7 Å². The first-order chi connectivity index (χ1) is 10.6. The molecule has 0 aliphatic carbocycles. The van der Waals surface area contributed by atoms with Gasteiger partial charge in [0, 0.05) is 0 Å². The number of rotatable bonds is 4. The van der Waals surface area contributed by atoms with Gasteiger partial charge in [-0.05, 0) is 25.5 Å². The number of nitrogens with one attached hydrogen (secondary N) is 1. The van der Waals surface area contributed by atoms with Gasteiger partial charge in [-0.2, -0.15) is 0 Å². The molecular weight excluding hydrogens is 332 g/mol. The van der Waals surface area contributed by atoms with Gasteiger partial charge in [0.1, 0.15) is 17.2 Å². The van der Waals surface area contributed by atoms with Gasteiger partial charge < -0.3 is 10.1 Å². The second-order valence-corrected chi connectivity index (χ2v) is 7.81. The molecule has 0 unspecified atom stereocenters. The van der Waals surface area contributed by atoms with Gasteiger partial charge in [-0.15, -0.1) is 0 Å². The van der Waals surface area contributed by atoms with Gasteiger partial charge in [0.2, 0.25) is 0 Å². The van der Waals surface area contributed by atoms with Crippen LogP contribution < -0.4 is 5.32 Å². The molecule has 2 rings (SSSR count). The van der Waals surface area contributed by atoms with Gasteiger partial charge in [0.25, 0.3) is 5.91 Å². The van der Waals surface area contributed by atoms with Crippen LogP contribution in [0.3, 0.4) is 0 Å². The van der Waals surface area contributed by atoms with Crippen LogP contribution in [0.15, 0.2) is 18.2 Å². The molecule has 0 saturated carbocycles. The molecule has 1 aromatic carbocycles. The van der Waals surface area contributed by atoms with E-state index in [0.717, 1.165) is 18.2 Å². The van der Waals surface area contributed by atoms with Gasteiger partial charge >= 0.3 is 5.97 Å². The van der Waals surface area contributed by atoms with Gasteiger partial charge in [0.15, 0.2) is 16.4 Å². The Morgan fingerprint density at radius 3 is 2.43 bits per heavy atom. The Kier molecular flexibility index (Phi) is 4.69. The van der Waals surface area contributed by atoms with Crippen molar-refractivity contribution in [3.63, 3.8) is 0 Å². The maximum atomic E-state index is 13.4. The highest BCUT2D eigenvalue weighted by Gasteiger charge is 2.39. The second kappa shape index (κ2) is 6.23. The van der Waals surface area contributed by atoms with Crippen LogP contribution in [0, 0.1) is 11.6 Å². The fraction of sp³-hybridized carbons (Fsp3) is 0.429. The molecule has 126 valence electrons. The zero-order valence-corrected chi connectivity index (χ0v) is 13.1. The van der Waals surface area contributed by atoms with Crippen molar-refractivity contribution in [2.24, 2.45) is 0 Å². The summed E-state index contributed by atoms with van der Waals surface area (Å²) in [5.74, 6) is -4.48. The number of benzene rings is 1. The van der Waals surface area contributed by atoms with Crippen LogP contribution >= 0.6 is 0 Å². The summed E-state index contributed by atoms with van der Waals surface area (Å²) in [5.41, 5.74) is -1.82. The van der Waals surface area contributed by atoms with Crippen LogP contribution in [-0.2, 0) is 19.4 Å². The van der Waals surface area contributed by atoms with Gasteiger partial charge in [0.05, 0.1) is 17.0 Å².